The number of hydrogen-bond donors (Lipinski definition) is 0. The first-order chi connectivity index (χ1) is 10.5. The first kappa shape index (κ1) is 18.2. The van der Waals surface area contributed by atoms with Crippen LogP contribution in [0.1, 0.15) is 37.0 Å². The highest BCUT2D eigenvalue weighted by Gasteiger charge is 2.16. The van der Waals surface area contributed by atoms with Crippen molar-refractivity contribution in [1.29, 1.82) is 0 Å². The summed E-state index contributed by atoms with van der Waals surface area (Å²) in [6, 6.07) is 9.07. The molecule has 22 heavy (non-hydrogen) atoms. The fourth-order valence-electron chi connectivity index (χ4n) is 1.98. The Kier molecular flexibility index (Phi) is 8.22. The molecule has 0 N–H and O–H groups in total. The number of amides is 1. The van der Waals surface area contributed by atoms with Gasteiger partial charge >= 0.3 is 5.97 Å². The van der Waals surface area contributed by atoms with Crippen molar-refractivity contribution in [3.8, 4) is 0 Å². The van der Waals surface area contributed by atoms with E-state index in [0.717, 1.165) is 6.42 Å². The van der Waals surface area contributed by atoms with Gasteiger partial charge in [-0.25, -0.2) is 0 Å². The fraction of sp³-hybridized carbons (Fsp3) is 0.529. The minimum Gasteiger partial charge on any atom is -0.469 e. The van der Waals surface area contributed by atoms with E-state index in [9.17, 15) is 9.59 Å². The molecule has 0 bridgehead atoms. The molecule has 1 rings (SSSR count). The molecular weight excluding hydrogens is 282 g/mol. The Bertz CT molecular complexity index is 459. The summed E-state index contributed by atoms with van der Waals surface area (Å²) in [7, 11) is 1.35. The predicted molar refractivity (Wildman–Crippen MR) is 84.7 cm³/mol. The third-order valence-electron chi connectivity index (χ3n) is 3.15. The molecule has 0 atom stereocenters. The Hall–Kier alpha value is -1.88. The molecule has 0 aromatic heterocycles. The zero-order valence-electron chi connectivity index (χ0n) is 13.6. The normalized spacial score (nSPS) is 10.5. The molecule has 0 saturated carbocycles. The van der Waals surface area contributed by atoms with Gasteiger partial charge in [-0.15, -0.1) is 0 Å². The van der Waals surface area contributed by atoms with Crippen LogP contribution < -0.4 is 0 Å². The summed E-state index contributed by atoms with van der Waals surface area (Å²) >= 11 is 0. The van der Waals surface area contributed by atoms with Crippen molar-refractivity contribution in [2.75, 3.05) is 26.8 Å². The largest absolute Gasteiger partial charge is 0.469 e. The van der Waals surface area contributed by atoms with E-state index in [1.165, 1.54) is 7.11 Å². The van der Waals surface area contributed by atoms with Crippen molar-refractivity contribution in [3.05, 3.63) is 35.9 Å². The summed E-state index contributed by atoms with van der Waals surface area (Å²) in [6.07, 6.45) is 1.10. The zero-order valence-corrected chi connectivity index (χ0v) is 13.6. The highest BCUT2D eigenvalue weighted by Crippen LogP contribution is 2.07. The van der Waals surface area contributed by atoms with E-state index in [1.807, 2.05) is 32.0 Å². The number of hydrogen-bond acceptors (Lipinski definition) is 4. The first-order valence-electron chi connectivity index (χ1n) is 7.57. The Morgan fingerprint density at radius 1 is 1.14 bits per heavy atom. The standard InChI is InChI=1S/C17H25NO4/c1-14(2)22-13-7-11-18(12-10-16(19)21-3)17(20)15-8-5-4-6-9-15/h4-6,8-9,14H,7,10-13H2,1-3H3. The third kappa shape index (κ3) is 6.72. The van der Waals surface area contributed by atoms with Crippen LogP contribution in [0.3, 0.4) is 0 Å². The molecule has 0 unspecified atom stereocenters. The van der Waals surface area contributed by atoms with E-state index in [1.54, 1.807) is 17.0 Å². The molecule has 5 nitrogen and oxygen atoms in total. The molecule has 0 fully saturated rings. The second-order valence-electron chi connectivity index (χ2n) is 5.26. The van der Waals surface area contributed by atoms with Crippen molar-refractivity contribution in [2.45, 2.75) is 32.8 Å². The summed E-state index contributed by atoms with van der Waals surface area (Å²) in [5, 5.41) is 0. The molecule has 1 aromatic carbocycles. The molecule has 0 heterocycles. The van der Waals surface area contributed by atoms with Crippen LogP contribution in [0.5, 0.6) is 0 Å². The summed E-state index contributed by atoms with van der Waals surface area (Å²) in [6.45, 7) is 5.45. The minimum absolute atomic E-state index is 0.0750. The molecular formula is C17H25NO4. The van der Waals surface area contributed by atoms with E-state index in [-0.39, 0.29) is 24.4 Å². The Balaban J connectivity index is 2.60. The lowest BCUT2D eigenvalue weighted by Crippen LogP contribution is -2.34. The van der Waals surface area contributed by atoms with Crippen LogP contribution >= 0.6 is 0 Å². The third-order valence-corrected chi connectivity index (χ3v) is 3.15. The van der Waals surface area contributed by atoms with Crippen LogP contribution in [0.15, 0.2) is 30.3 Å². The van der Waals surface area contributed by atoms with E-state index in [2.05, 4.69) is 4.74 Å². The van der Waals surface area contributed by atoms with E-state index in [4.69, 9.17) is 4.74 Å². The van der Waals surface area contributed by atoms with Gasteiger partial charge in [-0.05, 0) is 32.4 Å². The SMILES string of the molecule is COC(=O)CCN(CCCOC(C)C)C(=O)c1ccccc1. The highest BCUT2D eigenvalue weighted by atomic mass is 16.5. The Labute approximate surface area is 132 Å². The van der Waals surface area contributed by atoms with Gasteiger partial charge in [0.05, 0.1) is 19.6 Å². The molecule has 122 valence electrons. The number of benzene rings is 1. The maximum Gasteiger partial charge on any atom is 0.307 e. The van der Waals surface area contributed by atoms with Gasteiger partial charge < -0.3 is 14.4 Å². The lowest BCUT2D eigenvalue weighted by molar-refractivity contribution is -0.140. The highest BCUT2D eigenvalue weighted by molar-refractivity contribution is 5.94. The summed E-state index contributed by atoms with van der Waals surface area (Å²) in [5.41, 5.74) is 0.622. The number of esters is 1. The van der Waals surface area contributed by atoms with Gasteiger partial charge in [0.25, 0.3) is 5.91 Å². The number of methoxy groups -OCH3 is 1. The van der Waals surface area contributed by atoms with Gasteiger partial charge in [0.15, 0.2) is 0 Å². The van der Waals surface area contributed by atoms with Crippen molar-refractivity contribution in [2.24, 2.45) is 0 Å². The second-order valence-corrected chi connectivity index (χ2v) is 5.26. The van der Waals surface area contributed by atoms with Gasteiger partial charge in [-0.1, -0.05) is 18.2 Å². The Morgan fingerprint density at radius 3 is 2.41 bits per heavy atom. The lowest BCUT2D eigenvalue weighted by Gasteiger charge is -2.22. The smallest absolute Gasteiger partial charge is 0.307 e. The van der Waals surface area contributed by atoms with Crippen LogP contribution in [-0.2, 0) is 14.3 Å². The predicted octanol–water partition coefficient (Wildman–Crippen LogP) is 2.51. The van der Waals surface area contributed by atoms with E-state index in [0.29, 0.717) is 25.3 Å². The maximum atomic E-state index is 12.5. The van der Waals surface area contributed by atoms with E-state index < -0.39 is 0 Å². The van der Waals surface area contributed by atoms with Gasteiger partial charge in [0.2, 0.25) is 0 Å². The van der Waals surface area contributed by atoms with Gasteiger partial charge in [-0.3, -0.25) is 9.59 Å². The first-order valence-corrected chi connectivity index (χ1v) is 7.57. The monoisotopic (exact) mass is 307 g/mol. The fourth-order valence-corrected chi connectivity index (χ4v) is 1.98. The summed E-state index contributed by atoms with van der Waals surface area (Å²) in [5.74, 6) is -0.390. The molecule has 0 aliphatic rings. The van der Waals surface area contributed by atoms with Crippen LogP contribution in [0.25, 0.3) is 0 Å². The number of ether oxygens (including phenoxy) is 2. The van der Waals surface area contributed by atoms with Gasteiger partial charge in [-0.2, -0.15) is 0 Å². The number of nitrogens with zero attached hydrogens (tertiary/aromatic N) is 1. The zero-order chi connectivity index (χ0) is 16.4. The number of rotatable bonds is 9. The molecule has 0 aliphatic heterocycles. The lowest BCUT2D eigenvalue weighted by atomic mass is 10.2. The molecule has 0 radical (unpaired) electrons. The van der Waals surface area contributed by atoms with Crippen molar-refractivity contribution in [3.63, 3.8) is 0 Å². The van der Waals surface area contributed by atoms with Crippen LogP contribution in [0.4, 0.5) is 0 Å². The second kappa shape index (κ2) is 9.95. The summed E-state index contributed by atoms with van der Waals surface area (Å²) in [4.78, 5) is 25.5. The van der Waals surface area contributed by atoms with Crippen molar-refractivity contribution >= 4 is 11.9 Å². The van der Waals surface area contributed by atoms with E-state index >= 15 is 0 Å². The molecule has 1 aromatic rings. The van der Waals surface area contributed by atoms with Crippen LogP contribution in [0, 0.1) is 0 Å². The minimum atomic E-state index is -0.315. The molecule has 0 aliphatic carbocycles. The molecule has 0 spiro atoms. The maximum absolute atomic E-state index is 12.5. The quantitative estimate of drug-likeness (QED) is 0.519. The Morgan fingerprint density at radius 2 is 1.82 bits per heavy atom. The average Bonchev–Trinajstić information content (AvgIpc) is 2.53. The van der Waals surface area contributed by atoms with Crippen molar-refractivity contribution < 1.29 is 19.1 Å². The average molecular weight is 307 g/mol. The van der Waals surface area contributed by atoms with Crippen LogP contribution in [0.2, 0.25) is 0 Å². The van der Waals surface area contributed by atoms with Crippen molar-refractivity contribution in [1.82, 2.24) is 4.90 Å². The van der Waals surface area contributed by atoms with Crippen LogP contribution in [-0.4, -0.2) is 49.7 Å². The number of carbonyl (C=O) groups is 2. The molecule has 0 saturated heterocycles. The molecule has 5 heteroatoms. The number of carbonyl (C=O) groups excluding carboxylic acids is 2. The van der Waals surface area contributed by atoms with Gasteiger partial charge in [0.1, 0.15) is 0 Å². The topological polar surface area (TPSA) is 55.8 Å². The van der Waals surface area contributed by atoms with Gasteiger partial charge in [0, 0.05) is 25.3 Å². The molecule has 1 amide bonds. The summed E-state index contributed by atoms with van der Waals surface area (Å²) < 4.78 is 10.1.